The third-order valence-electron chi connectivity index (χ3n) is 4.78. The van der Waals surface area contributed by atoms with Crippen molar-refractivity contribution < 1.29 is 11.0 Å². The van der Waals surface area contributed by atoms with Crippen LogP contribution in [0.1, 0.15) is 64.0 Å². The first kappa shape index (κ1) is 34.4. The molecule has 2 aromatic heterocycles. The Morgan fingerprint density at radius 3 is 2.13 bits per heavy atom. The minimum Gasteiger partial charge on any atom is -0.398 e. The van der Waals surface area contributed by atoms with Crippen molar-refractivity contribution in [2.75, 3.05) is 5.73 Å². The topological polar surface area (TPSA) is 73.0 Å². The van der Waals surface area contributed by atoms with E-state index in [0.29, 0.717) is 24.9 Å². The number of nitrogens with two attached hydrogens (primary N) is 1. The zero-order valence-corrected chi connectivity index (χ0v) is 24.9. The number of aromatic nitrogens is 1. The molecule has 0 saturated heterocycles. The molecule has 0 radical (unpaired) electrons. The number of carbonyl (C=O) groups is 2. The predicted octanol–water partition coefficient (Wildman–Crippen LogP) is 8.99. The van der Waals surface area contributed by atoms with Crippen LogP contribution >= 0.6 is 11.3 Å². The van der Waals surface area contributed by atoms with Crippen LogP contribution in [-0.2, 0) is 22.4 Å². The molecule has 38 heavy (non-hydrogen) atoms. The first-order valence-corrected chi connectivity index (χ1v) is 13.9. The Balaban J connectivity index is 0. The molecule has 0 fully saturated rings. The fourth-order valence-electron chi connectivity index (χ4n) is 3.12. The number of nitrogens with zero attached hydrogens (tertiary/aromatic N) is 1. The third kappa shape index (κ3) is 14.2. The number of Topliss-reactive ketones (excluding diaryl/α,β-unsaturated/α-hetero) is 2. The Kier molecular flexibility index (Phi) is 18.6. The number of nitrogen functional groups attached to an aromatic ring is 1. The van der Waals surface area contributed by atoms with Gasteiger partial charge < -0.3 is 5.73 Å². The van der Waals surface area contributed by atoms with E-state index in [-0.39, 0.29) is 13.0 Å². The quantitative estimate of drug-likeness (QED) is 0.198. The SMILES string of the molecule is C=CCC(C)=O.CC.CC.Cc1ccc2sc(CC(=O)Cc3ccccc3N)cc2c1.Cc1cccnc1.[HH]. The molecule has 0 amide bonds. The molecular formula is C33H46N2O2S. The van der Waals surface area contributed by atoms with Gasteiger partial charge in [-0.15, -0.1) is 17.9 Å². The number of rotatable bonds is 6. The van der Waals surface area contributed by atoms with Gasteiger partial charge in [0.15, 0.2) is 0 Å². The number of aryl methyl sites for hydroxylation is 2. The molecule has 0 bridgehead atoms. The molecule has 206 valence electrons. The van der Waals surface area contributed by atoms with Gasteiger partial charge >= 0.3 is 0 Å². The van der Waals surface area contributed by atoms with E-state index in [2.05, 4.69) is 42.8 Å². The molecule has 0 spiro atoms. The maximum atomic E-state index is 12.2. The average molecular weight is 535 g/mol. The number of anilines is 1. The van der Waals surface area contributed by atoms with Gasteiger partial charge in [-0.05, 0) is 61.5 Å². The van der Waals surface area contributed by atoms with Crippen LogP contribution in [-0.4, -0.2) is 16.6 Å². The number of fused-ring (bicyclic) bond motifs is 1. The lowest BCUT2D eigenvalue weighted by Crippen LogP contribution is -2.07. The summed E-state index contributed by atoms with van der Waals surface area (Å²) in [5, 5.41) is 1.22. The van der Waals surface area contributed by atoms with Crippen LogP contribution in [0.25, 0.3) is 10.1 Å². The molecule has 2 N–H and O–H groups in total. The van der Waals surface area contributed by atoms with Crippen molar-refractivity contribution in [2.24, 2.45) is 0 Å². The zero-order valence-electron chi connectivity index (χ0n) is 24.1. The molecule has 5 heteroatoms. The predicted molar refractivity (Wildman–Crippen MR) is 169 cm³/mol. The van der Waals surface area contributed by atoms with E-state index >= 15 is 0 Å². The normalized spacial score (nSPS) is 9.13. The summed E-state index contributed by atoms with van der Waals surface area (Å²) < 4.78 is 1.24. The second kappa shape index (κ2) is 20.5. The van der Waals surface area contributed by atoms with Gasteiger partial charge in [-0.1, -0.05) is 75.7 Å². The van der Waals surface area contributed by atoms with Crippen molar-refractivity contribution in [3.63, 3.8) is 0 Å². The molecule has 2 aromatic carbocycles. The third-order valence-corrected chi connectivity index (χ3v) is 5.89. The lowest BCUT2D eigenvalue weighted by atomic mass is 10.0. The number of para-hydroxylation sites is 1. The van der Waals surface area contributed by atoms with Crippen molar-refractivity contribution >= 4 is 38.7 Å². The van der Waals surface area contributed by atoms with Gasteiger partial charge in [-0.25, -0.2) is 0 Å². The molecule has 0 atom stereocenters. The van der Waals surface area contributed by atoms with Gasteiger partial charge in [0.2, 0.25) is 0 Å². The van der Waals surface area contributed by atoms with Crippen molar-refractivity contribution in [1.82, 2.24) is 4.98 Å². The van der Waals surface area contributed by atoms with Crippen molar-refractivity contribution in [3.05, 3.63) is 107 Å². The van der Waals surface area contributed by atoms with Crippen molar-refractivity contribution in [2.45, 2.75) is 67.7 Å². The minimum atomic E-state index is 0. The zero-order chi connectivity index (χ0) is 28.9. The lowest BCUT2D eigenvalue weighted by Gasteiger charge is -2.03. The van der Waals surface area contributed by atoms with Gasteiger partial charge in [0, 0.05) is 48.3 Å². The van der Waals surface area contributed by atoms with Crippen molar-refractivity contribution in [3.8, 4) is 0 Å². The van der Waals surface area contributed by atoms with Crippen LogP contribution in [0.4, 0.5) is 5.69 Å². The summed E-state index contributed by atoms with van der Waals surface area (Å²) in [7, 11) is 0. The number of hydrogen-bond donors (Lipinski definition) is 1. The van der Waals surface area contributed by atoms with Crippen LogP contribution in [0.5, 0.6) is 0 Å². The van der Waals surface area contributed by atoms with Gasteiger partial charge in [0.1, 0.15) is 11.6 Å². The summed E-state index contributed by atoms with van der Waals surface area (Å²) >= 11 is 1.70. The molecule has 0 saturated carbocycles. The van der Waals surface area contributed by atoms with E-state index < -0.39 is 0 Å². The molecule has 2 heterocycles. The smallest absolute Gasteiger partial charge is 0.142 e. The average Bonchev–Trinajstić information content (AvgIpc) is 3.30. The highest BCUT2D eigenvalue weighted by Gasteiger charge is 2.10. The number of ketones is 2. The van der Waals surface area contributed by atoms with Gasteiger partial charge in [-0.2, -0.15) is 0 Å². The summed E-state index contributed by atoms with van der Waals surface area (Å²) in [5.41, 5.74) is 9.96. The number of hydrogen-bond acceptors (Lipinski definition) is 5. The Labute approximate surface area is 235 Å². The maximum Gasteiger partial charge on any atom is 0.142 e. The minimum absolute atomic E-state index is 0. The van der Waals surface area contributed by atoms with Gasteiger partial charge in [0.25, 0.3) is 0 Å². The van der Waals surface area contributed by atoms with Crippen LogP contribution in [0.15, 0.2) is 85.7 Å². The summed E-state index contributed by atoms with van der Waals surface area (Å²) in [5.74, 6) is 0.376. The highest BCUT2D eigenvalue weighted by Crippen LogP contribution is 2.27. The lowest BCUT2D eigenvalue weighted by molar-refractivity contribution is -0.118. The van der Waals surface area contributed by atoms with Gasteiger partial charge in [-0.3, -0.25) is 14.6 Å². The highest BCUT2D eigenvalue weighted by molar-refractivity contribution is 7.19. The highest BCUT2D eigenvalue weighted by atomic mass is 32.1. The van der Waals surface area contributed by atoms with Crippen LogP contribution < -0.4 is 5.73 Å². The van der Waals surface area contributed by atoms with Crippen LogP contribution in [0.2, 0.25) is 0 Å². The first-order valence-electron chi connectivity index (χ1n) is 13.1. The second-order valence-electron chi connectivity index (χ2n) is 8.07. The summed E-state index contributed by atoms with van der Waals surface area (Å²) in [6, 6.07) is 20.0. The van der Waals surface area contributed by atoms with Crippen LogP contribution in [0.3, 0.4) is 0 Å². The summed E-state index contributed by atoms with van der Waals surface area (Å²) in [6.45, 7) is 17.0. The maximum absolute atomic E-state index is 12.2. The van der Waals surface area contributed by atoms with Crippen LogP contribution in [0, 0.1) is 13.8 Å². The Hall–Kier alpha value is -3.57. The number of pyridine rings is 1. The number of thiophene rings is 1. The van der Waals surface area contributed by atoms with E-state index in [1.165, 1.54) is 21.2 Å². The Bertz CT molecular complexity index is 1240. The standard InChI is InChI=1S/C18H17NOS.C6H7N.C5H8O.2C2H6.H2/c1-12-6-7-18-14(8-12)10-16(21-18)11-15(20)9-13-4-2-3-5-17(13)19;1-6-3-2-4-7-5-6;1-3-4-5(2)6;2*1-2;/h2-8,10H,9,11,19H2,1H3;2-5H,1H3;3H,1,4H2,2H3;2*1-2H3;1H. The van der Waals surface area contributed by atoms with E-state index in [1.54, 1.807) is 30.5 Å². The molecule has 4 aromatic rings. The molecule has 0 aliphatic rings. The summed E-state index contributed by atoms with van der Waals surface area (Å²) in [6.07, 6.45) is 6.59. The van der Waals surface area contributed by atoms with E-state index in [1.807, 2.05) is 77.2 Å². The molecule has 0 aliphatic heterocycles. The van der Waals surface area contributed by atoms with E-state index in [9.17, 15) is 9.59 Å². The fourth-order valence-corrected chi connectivity index (χ4v) is 4.19. The monoisotopic (exact) mass is 534 g/mol. The number of carbonyl (C=O) groups excluding carboxylic acids is 2. The van der Waals surface area contributed by atoms with Crippen molar-refractivity contribution in [1.29, 1.82) is 0 Å². The van der Waals surface area contributed by atoms with Gasteiger partial charge in [0.05, 0.1) is 0 Å². The second-order valence-corrected chi connectivity index (χ2v) is 9.24. The fraction of sp³-hybridized carbons (Fsp3) is 0.303. The summed E-state index contributed by atoms with van der Waals surface area (Å²) in [4.78, 5) is 27.2. The molecule has 0 aliphatic carbocycles. The van der Waals surface area contributed by atoms with E-state index in [0.717, 1.165) is 10.4 Å². The molecule has 4 nitrogen and oxygen atoms in total. The first-order chi connectivity index (χ1) is 18.3. The molecule has 0 unspecified atom stereocenters. The number of allylic oxidation sites excluding steroid dienone is 1. The number of benzene rings is 2. The molecular weight excluding hydrogens is 488 g/mol. The van der Waals surface area contributed by atoms with E-state index in [4.69, 9.17) is 5.73 Å². The Morgan fingerprint density at radius 1 is 0.947 bits per heavy atom. The Morgan fingerprint density at radius 2 is 1.63 bits per heavy atom. The molecule has 4 rings (SSSR count). The largest absolute Gasteiger partial charge is 0.398 e.